The second-order valence-electron chi connectivity index (χ2n) is 8.08. The maximum absolute atomic E-state index is 13.4. The maximum Gasteiger partial charge on any atom is 0.238 e. The summed E-state index contributed by atoms with van der Waals surface area (Å²) in [5, 5.41) is 14.3. The van der Waals surface area contributed by atoms with Crippen molar-refractivity contribution >= 4 is 23.2 Å². The van der Waals surface area contributed by atoms with E-state index in [9.17, 15) is 14.3 Å². The molecule has 7 heteroatoms. The van der Waals surface area contributed by atoms with Crippen LogP contribution in [0.4, 0.5) is 10.1 Å². The lowest BCUT2D eigenvalue weighted by Gasteiger charge is -2.27. The number of amides is 1. The van der Waals surface area contributed by atoms with Gasteiger partial charge in [-0.05, 0) is 75.0 Å². The number of rotatable bonds is 6. The van der Waals surface area contributed by atoms with Crippen LogP contribution in [0.3, 0.4) is 0 Å². The van der Waals surface area contributed by atoms with Crippen LogP contribution < -0.4 is 10.1 Å². The van der Waals surface area contributed by atoms with E-state index in [2.05, 4.69) is 5.32 Å². The molecule has 2 aromatic rings. The number of nitrogens with zero attached hydrogens (tertiary/aromatic N) is 1. The second kappa shape index (κ2) is 9.77. The topological polar surface area (TPSA) is 61.8 Å². The van der Waals surface area contributed by atoms with Crippen molar-refractivity contribution in [3.8, 4) is 5.75 Å². The van der Waals surface area contributed by atoms with Gasteiger partial charge in [0.25, 0.3) is 0 Å². The van der Waals surface area contributed by atoms with Gasteiger partial charge in [-0.3, -0.25) is 9.69 Å². The lowest BCUT2D eigenvalue weighted by Crippen LogP contribution is -2.38. The fourth-order valence-corrected chi connectivity index (χ4v) is 3.76. The third-order valence-corrected chi connectivity index (χ3v) is 5.75. The Morgan fingerprint density at radius 3 is 2.83 bits per heavy atom. The molecule has 1 amide bonds. The third kappa shape index (κ3) is 6.17. The molecular formula is C23H28ClFN2O3. The first-order chi connectivity index (χ1) is 14.2. The van der Waals surface area contributed by atoms with Crippen LogP contribution in [0, 0.1) is 19.7 Å². The van der Waals surface area contributed by atoms with Crippen LogP contribution in [0.25, 0.3) is 0 Å². The van der Waals surface area contributed by atoms with Gasteiger partial charge in [-0.2, -0.15) is 0 Å². The molecule has 5 nitrogen and oxygen atoms in total. The summed E-state index contributed by atoms with van der Waals surface area (Å²) in [5.74, 6) is -0.0163. The number of carbonyl (C=O) groups excluding carboxylic acids is 1. The molecule has 0 bridgehead atoms. The molecule has 0 saturated carbocycles. The molecule has 1 heterocycles. The Bertz CT molecular complexity index is 908. The lowest BCUT2D eigenvalue weighted by molar-refractivity contribution is -0.117. The van der Waals surface area contributed by atoms with Gasteiger partial charge in [0.05, 0.1) is 17.2 Å². The molecule has 0 radical (unpaired) electrons. The van der Waals surface area contributed by atoms with Gasteiger partial charge >= 0.3 is 0 Å². The molecule has 1 aliphatic rings. The highest BCUT2D eigenvalue weighted by molar-refractivity contribution is 6.32. The summed E-state index contributed by atoms with van der Waals surface area (Å²) in [7, 11) is 0. The van der Waals surface area contributed by atoms with E-state index in [0.29, 0.717) is 42.4 Å². The van der Waals surface area contributed by atoms with Crippen LogP contribution in [0.1, 0.15) is 30.4 Å². The summed E-state index contributed by atoms with van der Waals surface area (Å²) < 4.78 is 19.2. The van der Waals surface area contributed by atoms with E-state index in [0.717, 1.165) is 17.5 Å². The molecule has 162 valence electrons. The van der Waals surface area contributed by atoms with E-state index in [1.807, 2.05) is 30.9 Å². The first-order valence-electron chi connectivity index (χ1n) is 10.1. The monoisotopic (exact) mass is 434 g/mol. The molecule has 2 aromatic carbocycles. The molecule has 1 atom stereocenters. The van der Waals surface area contributed by atoms with Gasteiger partial charge in [0.15, 0.2) is 0 Å². The summed E-state index contributed by atoms with van der Waals surface area (Å²) in [4.78, 5) is 14.4. The Morgan fingerprint density at radius 2 is 2.03 bits per heavy atom. The van der Waals surface area contributed by atoms with Crippen LogP contribution in [0.2, 0.25) is 5.02 Å². The molecule has 2 N–H and O–H groups in total. The van der Waals surface area contributed by atoms with Gasteiger partial charge in [-0.15, -0.1) is 0 Å². The van der Waals surface area contributed by atoms with Crippen molar-refractivity contribution < 1.29 is 19.0 Å². The predicted molar refractivity (Wildman–Crippen MR) is 117 cm³/mol. The minimum absolute atomic E-state index is 0.151. The number of ether oxygens (including phenoxy) is 1. The number of halogens is 2. The van der Waals surface area contributed by atoms with Gasteiger partial charge < -0.3 is 15.2 Å². The zero-order valence-corrected chi connectivity index (χ0v) is 18.1. The SMILES string of the molecule is Cc1ccc(Cl)c(OCC2(O)CCCN(CC(=O)Nc3cc(F)ccc3C)CC2)c1. The highest BCUT2D eigenvalue weighted by atomic mass is 35.5. The van der Waals surface area contributed by atoms with Gasteiger partial charge in [-0.25, -0.2) is 4.39 Å². The molecule has 30 heavy (non-hydrogen) atoms. The fourth-order valence-electron chi connectivity index (χ4n) is 3.59. The van der Waals surface area contributed by atoms with E-state index in [-0.39, 0.29) is 24.9 Å². The van der Waals surface area contributed by atoms with Gasteiger partial charge in [-0.1, -0.05) is 23.7 Å². The third-order valence-electron chi connectivity index (χ3n) is 5.43. The highest BCUT2D eigenvalue weighted by Crippen LogP contribution is 2.29. The number of nitrogens with one attached hydrogen (secondary N) is 1. The zero-order valence-electron chi connectivity index (χ0n) is 17.4. The molecule has 0 spiro atoms. The Hall–Kier alpha value is -2.15. The summed E-state index contributed by atoms with van der Waals surface area (Å²) in [6, 6.07) is 9.87. The highest BCUT2D eigenvalue weighted by Gasteiger charge is 2.31. The number of aliphatic hydroxyl groups is 1. The Morgan fingerprint density at radius 1 is 1.23 bits per heavy atom. The van der Waals surface area contributed by atoms with Crippen molar-refractivity contribution in [1.82, 2.24) is 4.90 Å². The number of hydrogen-bond acceptors (Lipinski definition) is 4. The summed E-state index contributed by atoms with van der Waals surface area (Å²) in [6.07, 6.45) is 1.81. The molecule has 3 rings (SSSR count). The Balaban J connectivity index is 1.53. The van der Waals surface area contributed by atoms with Crippen molar-refractivity contribution in [3.63, 3.8) is 0 Å². The fraction of sp³-hybridized carbons (Fsp3) is 0.435. The van der Waals surface area contributed by atoms with Crippen molar-refractivity contribution in [1.29, 1.82) is 0 Å². The smallest absolute Gasteiger partial charge is 0.238 e. The number of aryl methyl sites for hydroxylation is 2. The number of likely N-dealkylation sites (tertiary alicyclic amines) is 1. The normalized spacial score (nSPS) is 19.9. The predicted octanol–water partition coefficient (Wildman–Crippen LogP) is 4.33. The number of anilines is 1. The minimum atomic E-state index is -0.975. The number of hydrogen-bond donors (Lipinski definition) is 2. The van der Waals surface area contributed by atoms with Crippen LogP contribution in [0.5, 0.6) is 5.75 Å². The van der Waals surface area contributed by atoms with Crippen molar-refractivity contribution in [2.75, 3.05) is 31.6 Å². The summed E-state index contributed by atoms with van der Waals surface area (Å²) >= 11 is 6.18. The Kier molecular flexibility index (Phi) is 7.34. The molecular weight excluding hydrogens is 407 g/mol. The van der Waals surface area contributed by atoms with Gasteiger partial charge in [0.2, 0.25) is 5.91 Å². The molecule has 1 unspecified atom stereocenters. The second-order valence-corrected chi connectivity index (χ2v) is 8.49. The van der Waals surface area contributed by atoms with E-state index in [1.54, 1.807) is 12.1 Å². The molecule has 1 aliphatic heterocycles. The summed E-state index contributed by atoms with van der Waals surface area (Å²) in [5.41, 5.74) is 1.35. The largest absolute Gasteiger partial charge is 0.489 e. The van der Waals surface area contributed by atoms with Crippen molar-refractivity contribution in [3.05, 3.63) is 58.4 Å². The molecule has 0 aromatic heterocycles. The standard InChI is InChI=1S/C23H28ClFN2O3/c1-16-4-7-19(24)21(12-16)30-15-23(29)8-3-10-27(11-9-23)14-22(28)26-20-13-18(25)6-5-17(20)2/h4-7,12-13,29H,3,8-11,14-15H2,1-2H3,(H,26,28). The van der Waals surface area contributed by atoms with Crippen molar-refractivity contribution in [2.45, 2.75) is 38.7 Å². The van der Waals surface area contributed by atoms with E-state index >= 15 is 0 Å². The van der Waals surface area contributed by atoms with Crippen LogP contribution >= 0.6 is 11.6 Å². The summed E-state index contributed by atoms with van der Waals surface area (Å²) in [6.45, 7) is 5.38. The minimum Gasteiger partial charge on any atom is -0.489 e. The van der Waals surface area contributed by atoms with E-state index in [1.165, 1.54) is 12.1 Å². The van der Waals surface area contributed by atoms with Gasteiger partial charge in [0, 0.05) is 12.2 Å². The average molecular weight is 435 g/mol. The first-order valence-corrected chi connectivity index (χ1v) is 10.5. The van der Waals surface area contributed by atoms with Crippen LogP contribution in [-0.4, -0.2) is 47.8 Å². The number of benzene rings is 2. The van der Waals surface area contributed by atoms with E-state index in [4.69, 9.17) is 16.3 Å². The first kappa shape index (κ1) is 22.5. The zero-order chi connectivity index (χ0) is 21.7. The van der Waals surface area contributed by atoms with Crippen LogP contribution in [0.15, 0.2) is 36.4 Å². The maximum atomic E-state index is 13.4. The lowest BCUT2D eigenvalue weighted by atomic mass is 9.96. The molecule has 0 aliphatic carbocycles. The van der Waals surface area contributed by atoms with Gasteiger partial charge in [0.1, 0.15) is 18.2 Å². The molecule has 1 saturated heterocycles. The Labute approximate surface area is 181 Å². The number of carbonyl (C=O) groups is 1. The van der Waals surface area contributed by atoms with Crippen molar-refractivity contribution in [2.24, 2.45) is 0 Å². The molecule has 1 fully saturated rings. The van der Waals surface area contributed by atoms with E-state index < -0.39 is 5.60 Å². The quantitative estimate of drug-likeness (QED) is 0.710. The van der Waals surface area contributed by atoms with Crippen LogP contribution in [-0.2, 0) is 4.79 Å². The average Bonchev–Trinajstić information content (AvgIpc) is 2.87.